The Labute approximate surface area is 291 Å². The summed E-state index contributed by atoms with van der Waals surface area (Å²) in [6.45, 7) is 20.0. The van der Waals surface area contributed by atoms with E-state index in [4.69, 9.17) is 25.8 Å². The number of amides is 3. The molecule has 3 heterocycles. The normalized spacial score (nSPS) is 15.0. The second kappa shape index (κ2) is 14.4. The van der Waals surface area contributed by atoms with E-state index in [9.17, 15) is 24.3 Å². The van der Waals surface area contributed by atoms with E-state index in [0.717, 1.165) is 11.8 Å². The summed E-state index contributed by atoms with van der Waals surface area (Å²) in [5, 5.41) is 13.4. The average molecular weight is 708 g/mol. The quantitative estimate of drug-likeness (QED) is 0.280. The summed E-state index contributed by atoms with van der Waals surface area (Å²) in [4.78, 5) is 62.9. The lowest BCUT2D eigenvalue weighted by Gasteiger charge is -2.41. The number of carbonyl (C=O) groups is 4. The minimum absolute atomic E-state index is 0.0610. The number of hydrogen-bond donors (Lipinski definition) is 2. The van der Waals surface area contributed by atoms with E-state index in [-0.39, 0.29) is 16.5 Å². The maximum Gasteiger partial charge on any atom is 0.425 e. The number of carbonyl (C=O) groups excluding carboxylic acids is 3. The number of aromatic nitrogens is 2. The smallest absolute Gasteiger partial charge is 0.425 e. The number of nitrogens with one attached hydrogen (secondary N) is 1. The number of carboxylic acids is 1. The van der Waals surface area contributed by atoms with Crippen LogP contribution in [-0.2, 0) is 14.2 Å². The number of hydrogen-bond acceptors (Lipinski definition) is 11. The number of aryl methyl sites for hydroxylation is 1. The molecular formula is C33H46ClN5O8S. The number of pyridine rings is 2. The maximum absolute atomic E-state index is 13.2. The summed E-state index contributed by atoms with van der Waals surface area (Å²) in [6.07, 6.45) is -0.0763. The van der Waals surface area contributed by atoms with Gasteiger partial charge in [-0.3, -0.25) is 0 Å². The van der Waals surface area contributed by atoms with Crippen LogP contribution in [0.1, 0.15) is 98.1 Å². The number of aromatic carboxylic acids is 1. The molecule has 1 aliphatic rings. The second-order valence-electron chi connectivity index (χ2n) is 14.8. The number of piperidine rings is 1. The molecular weight excluding hydrogens is 662 g/mol. The van der Waals surface area contributed by atoms with Crippen molar-refractivity contribution in [3.05, 3.63) is 34.6 Å². The molecule has 2 aromatic heterocycles. The van der Waals surface area contributed by atoms with Gasteiger partial charge in [0, 0.05) is 29.7 Å². The minimum atomic E-state index is -1.21. The average Bonchev–Trinajstić information content (AvgIpc) is 2.88. The first kappa shape index (κ1) is 38.7. The highest BCUT2D eigenvalue weighted by Crippen LogP contribution is 2.40. The lowest BCUT2D eigenvalue weighted by Crippen LogP contribution is -2.54. The third kappa shape index (κ3) is 10.6. The zero-order valence-electron chi connectivity index (χ0n) is 29.4. The Hall–Kier alpha value is -3.78. The van der Waals surface area contributed by atoms with Crippen LogP contribution in [0.15, 0.2) is 28.3 Å². The Kier molecular flexibility index (Phi) is 11.6. The lowest BCUT2D eigenvalue weighted by atomic mass is 9.89. The van der Waals surface area contributed by atoms with Gasteiger partial charge in [0.05, 0.1) is 10.7 Å². The number of carboxylic acid groups (broad SMARTS) is 1. The predicted octanol–water partition coefficient (Wildman–Crippen LogP) is 7.85. The molecule has 0 radical (unpaired) electrons. The zero-order valence-corrected chi connectivity index (χ0v) is 31.0. The monoisotopic (exact) mass is 707 g/mol. The molecule has 13 nitrogen and oxygen atoms in total. The molecule has 264 valence electrons. The highest BCUT2D eigenvalue weighted by atomic mass is 35.5. The molecule has 3 amide bonds. The molecule has 0 atom stereocenters. The highest BCUT2D eigenvalue weighted by molar-refractivity contribution is 7.99. The van der Waals surface area contributed by atoms with Gasteiger partial charge in [0.1, 0.15) is 21.8 Å². The van der Waals surface area contributed by atoms with Crippen molar-refractivity contribution in [3.8, 4) is 0 Å². The number of halogens is 1. The van der Waals surface area contributed by atoms with E-state index >= 15 is 0 Å². The molecule has 0 spiro atoms. The molecule has 1 fully saturated rings. The van der Waals surface area contributed by atoms with Crippen LogP contribution in [0, 0.1) is 6.92 Å². The van der Waals surface area contributed by atoms with Crippen LogP contribution in [0.4, 0.5) is 25.9 Å². The van der Waals surface area contributed by atoms with Crippen LogP contribution >= 0.6 is 23.4 Å². The van der Waals surface area contributed by atoms with E-state index in [2.05, 4.69) is 15.3 Å². The Morgan fingerprint density at radius 2 is 1.48 bits per heavy atom. The lowest BCUT2D eigenvalue weighted by molar-refractivity contribution is 0.0418. The SMILES string of the molecule is Cc1cc(N2CCC(C)(NC(=O)OC(C)(C)C)CC2)c(C(=O)O)nc1Sc1ccnc(N(C(=O)OC(C)(C)C)C(=O)OC(C)(C)C)c1Cl. The van der Waals surface area contributed by atoms with Crippen molar-refractivity contribution in [2.75, 3.05) is 22.9 Å². The molecule has 0 saturated carbocycles. The van der Waals surface area contributed by atoms with Crippen molar-refractivity contribution in [3.63, 3.8) is 0 Å². The van der Waals surface area contributed by atoms with Gasteiger partial charge in [-0.2, -0.15) is 4.90 Å². The van der Waals surface area contributed by atoms with Crippen molar-refractivity contribution < 1.29 is 38.5 Å². The van der Waals surface area contributed by atoms with Gasteiger partial charge in [0.15, 0.2) is 11.5 Å². The number of rotatable bonds is 6. The Bertz CT molecular complexity index is 1530. The number of nitrogens with zero attached hydrogens (tertiary/aromatic N) is 4. The summed E-state index contributed by atoms with van der Waals surface area (Å²) in [7, 11) is 0. The molecule has 0 bridgehead atoms. The molecule has 1 saturated heterocycles. The molecule has 1 aliphatic heterocycles. The van der Waals surface area contributed by atoms with Crippen LogP contribution in [0.3, 0.4) is 0 Å². The first-order valence-corrected chi connectivity index (χ1v) is 16.7. The number of imide groups is 1. The third-order valence-corrected chi connectivity index (χ3v) is 8.42. The zero-order chi connectivity index (χ0) is 36.4. The highest BCUT2D eigenvalue weighted by Gasteiger charge is 2.37. The first-order valence-electron chi connectivity index (χ1n) is 15.5. The fourth-order valence-electron chi connectivity index (χ4n) is 4.62. The van der Waals surface area contributed by atoms with Gasteiger partial charge in [-0.1, -0.05) is 23.4 Å². The van der Waals surface area contributed by atoms with Crippen LogP contribution < -0.4 is 15.1 Å². The topological polar surface area (TPSA) is 160 Å². The minimum Gasteiger partial charge on any atom is -0.476 e. The maximum atomic E-state index is 13.2. The van der Waals surface area contributed by atoms with E-state index in [1.54, 1.807) is 81.4 Å². The van der Waals surface area contributed by atoms with Gasteiger partial charge in [0.25, 0.3) is 0 Å². The number of anilines is 2. The summed E-state index contributed by atoms with van der Waals surface area (Å²) < 4.78 is 16.3. The van der Waals surface area contributed by atoms with Crippen LogP contribution in [-0.4, -0.2) is 74.8 Å². The molecule has 0 aromatic carbocycles. The Morgan fingerprint density at radius 1 is 0.958 bits per heavy atom. The fraction of sp³-hybridized carbons (Fsp3) is 0.576. The summed E-state index contributed by atoms with van der Waals surface area (Å²) in [5.74, 6) is -1.43. The molecule has 15 heteroatoms. The van der Waals surface area contributed by atoms with E-state index in [0.29, 0.717) is 52.0 Å². The van der Waals surface area contributed by atoms with Crippen molar-refractivity contribution in [2.45, 2.75) is 121 Å². The molecule has 2 aromatic rings. The largest absolute Gasteiger partial charge is 0.476 e. The predicted molar refractivity (Wildman–Crippen MR) is 183 cm³/mol. The third-order valence-electron chi connectivity index (χ3n) is 6.77. The van der Waals surface area contributed by atoms with Gasteiger partial charge < -0.3 is 29.5 Å². The van der Waals surface area contributed by atoms with Crippen molar-refractivity contribution in [1.29, 1.82) is 0 Å². The Morgan fingerprint density at radius 3 is 1.96 bits per heavy atom. The second-order valence-corrected chi connectivity index (χ2v) is 16.2. The van der Waals surface area contributed by atoms with Gasteiger partial charge in [-0.15, -0.1) is 0 Å². The summed E-state index contributed by atoms with van der Waals surface area (Å²) in [6, 6.07) is 3.32. The molecule has 2 N–H and O–H groups in total. The fourth-order valence-corrected chi connectivity index (χ4v) is 5.80. The Balaban J connectivity index is 1.91. The van der Waals surface area contributed by atoms with Crippen LogP contribution in [0.5, 0.6) is 0 Å². The van der Waals surface area contributed by atoms with Gasteiger partial charge in [0.2, 0.25) is 0 Å². The van der Waals surface area contributed by atoms with E-state index in [1.807, 2.05) is 11.8 Å². The molecule has 0 aliphatic carbocycles. The van der Waals surface area contributed by atoms with E-state index in [1.165, 1.54) is 6.20 Å². The molecule has 3 rings (SSSR count). The van der Waals surface area contributed by atoms with Gasteiger partial charge in [-0.05, 0) is 107 Å². The standard InChI is InChI=1S/C33H46ClN5O8S/c1-19-18-20(38-16-13-33(11,14-17-38)37-27(42)45-30(2,3)4)23(26(40)41)36-25(19)48-21-12-15-35-24(22(21)34)39(28(43)46-31(5,6)7)29(44)47-32(8,9)10/h12,15,18H,13-14,16-17H2,1-11H3,(H,37,42)(H,40,41). The molecule has 48 heavy (non-hydrogen) atoms. The van der Waals surface area contributed by atoms with Gasteiger partial charge >= 0.3 is 24.2 Å². The van der Waals surface area contributed by atoms with E-state index < -0.39 is 46.6 Å². The van der Waals surface area contributed by atoms with Crippen LogP contribution in [0.25, 0.3) is 0 Å². The van der Waals surface area contributed by atoms with Gasteiger partial charge in [-0.25, -0.2) is 29.1 Å². The first-order chi connectivity index (χ1) is 21.9. The number of alkyl carbamates (subject to hydrolysis) is 1. The van der Waals surface area contributed by atoms with Crippen molar-refractivity contribution >= 4 is 59.1 Å². The summed E-state index contributed by atoms with van der Waals surface area (Å²) in [5.41, 5.74) is -2.05. The number of ether oxygens (including phenoxy) is 3. The van der Waals surface area contributed by atoms with Crippen molar-refractivity contribution in [1.82, 2.24) is 15.3 Å². The molecule has 0 unspecified atom stereocenters. The summed E-state index contributed by atoms with van der Waals surface area (Å²) >= 11 is 7.82. The van der Waals surface area contributed by atoms with Crippen molar-refractivity contribution in [2.24, 2.45) is 0 Å². The van der Waals surface area contributed by atoms with Crippen LogP contribution in [0.2, 0.25) is 5.02 Å².